The van der Waals surface area contributed by atoms with E-state index in [0.29, 0.717) is 16.6 Å². The van der Waals surface area contributed by atoms with Gasteiger partial charge in [-0.3, -0.25) is 0 Å². The normalized spacial score (nSPS) is 11.0. The Morgan fingerprint density at radius 1 is 1.22 bits per heavy atom. The molecule has 2 N–H and O–H groups in total. The summed E-state index contributed by atoms with van der Waals surface area (Å²) in [7, 11) is 0. The molecule has 0 spiro atoms. The second-order valence-electron chi connectivity index (χ2n) is 4.22. The molecule has 2 aromatic carbocycles. The minimum Gasteiger partial charge on any atom is -0.436 e. The first-order valence-electron chi connectivity index (χ1n) is 5.56. The topological polar surface area (TPSA) is 52.0 Å². The van der Waals surface area contributed by atoms with Crippen molar-refractivity contribution < 1.29 is 4.42 Å². The second-order valence-corrected chi connectivity index (χ2v) is 4.65. The van der Waals surface area contributed by atoms with Gasteiger partial charge in [-0.25, -0.2) is 4.98 Å². The lowest BCUT2D eigenvalue weighted by atomic mass is 10.2. The summed E-state index contributed by atoms with van der Waals surface area (Å²) in [6.45, 7) is 1.95. The number of hydrogen-bond acceptors (Lipinski definition) is 3. The van der Waals surface area contributed by atoms with Crippen molar-refractivity contribution in [3.63, 3.8) is 0 Å². The third-order valence-corrected chi connectivity index (χ3v) is 3.00. The van der Waals surface area contributed by atoms with Gasteiger partial charge in [0, 0.05) is 16.3 Å². The van der Waals surface area contributed by atoms with Crippen LogP contribution in [0.1, 0.15) is 5.56 Å². The van der Waals surface area contributed by atoms with Gasteiger partial charge < -0.3 is 10.2 Å². The van der Waals surface area contributed by atoms with Gasteiger partial charge in [-0.2, -0.15) is 0 Å². The smallest absolute Gasteiger partial charge is 0.227 e. The fourth-order valence-corrected chi connectivity index (χ4v) is 2.16. The number of rotatable bonds is 1. The van der Waals surface area contributed by atoms with Crippen LogP contribution in [0.3, 0.4) is 0 Å². The molecule has 90 valence electrons. The molecule has 1 heterocycles. The quantitative estimate of drug-likeness (QED) is 0.670. The number of aryl methyl sites for hydroxylation is 1. The highest BCUT2D eigenvalue weighted by molar-refractivity contribution is 6.30. The number of aromatic nitrogens is 1. The molecule has 3 nitrogen and oxygen atoms in total. The van der Waals surface area contributed by atoms with Gasteiger partial charge in [0.05, 0.1) is 0 Å². The van der Waals surface area contributed by atoms with E-state index in [2.05, 4.69) is 4.98 Å². The average Bonchev–Trinajstić information content (AvgIpc) is 2.73. The Kier molecular flexibility index (Phi) is 2.49. The first-order valence-corrected chi connectivity index (χ1v) is 5.94. The van der Waals surface area contributed by atoms with Crippen LogP contribution in [0.4, 0.5) is 5.69 Å². The van der Waals surface area contributed by atoms with Gasteiger partial charge in [0.25, 0.3) is 0 Å². The minimum absolute atomic E-state index is 0.557. The van der Waals surface area contributed by atoms with Crippen molar-refractivity contribution in [2.45, 2.75) is 6.92 Å². The molecule has 0 aliphatic rings. The average molecular weight is 259 g/mol. The van der Waals surface area contributed by atoms with Gasteiger partial charge in [-0.05, 0) is 42.8 Å². The molecular weight excluding hydrogens is 248 g/mol. The van der Waals surface area contributed by atoms with Gasteiger partial charge >= 0.3 is 0 Å². The van der Waals surface area contributed by atoms with Crippen LogP contribution in [0.15, 0.2) is 40.8 Å². The van der Waals surface area contributed by atoms with Crippen molar-refractivity contribution in [3.8, 4) is 11.5 Å². The summed E-state index contributed by atoms with van der Waals surface area (Å²) < 4.78 is 5.77. The molecule has 18 heavy (non-hydrogen) atoms. The summed E-state index contributed by atoms with van der Waals surface area (Å²) in [5.74, 6) is 0.557. The molecule has 0 aliphatic heterocycles. The van der Waals surface area contributed by atoms with E-state index < -0.39 is 0 Å². The Hall–Kier alpha value is -2.00. The fraction of sp³-hybridized carbons (Fsp3) is 0.0714. The van der Waals surface area contributed by atoms with Crippen LogP contribution < -0.4 is 5.73 Å². The van der Waals surface area contributed by atoms with E-state index in [-0.39, 0.29) is 0 Å². The van der Waals surface area contributed by atoms with E-state index in [1.165, 1.54) is 0 Å². The fourth-order valence-electron chi connectivity index (χ4n) is 1.97. The lowest BCUT2D eigenvalue weighted by Gasteiger charge is -1.96. The largest absolute Gasteiger partial charge is 0.436 e. The zero-order valence-electron chi connectivity index (χ0n) is 9.77. The minimum atomic E-state index is 0.557. The summed E-state index contributed by atoms with van der Waals surface area (Å²) in [4.78, 5) is 4.44. The molecule has 3 rings (SSSR count). The standard InChI is InChI=1S/C14H11ClN2O/c1-8-5-11(16)7-12-13(8)18-14(17-12)9-3-2-4-10(15)6-9/h2-7H,16H2,1H3. The zero-order valence-corrected chi connectivity index (χ0v) is 10.5. The highest BCUT2D eigenvalue weighted by Crippen LogP contribution is 2.29. The summed E-state index contributed by atoms with van der Waals surface area (Å²) in [6.07, 6.45) is 0. The number of nitrogens with zero attached hydrogens (tertiary/aromatic N) is 1. The Labute approximate surface area is 109 Å². The highest BCUT2D eigenvalue weighted by Gasteiger charge is 2.10. The van der Waals surface area contributed by atoms with Crippen molar-refractivity contribution in [1.29, 1.82) is 0 Å². The lowest BCUT2D eigenvalue weighted by molar-refractivity contribution is 0.617. The summed E-state index contributed by atoms with van der Waals surface area (Å²) in [5.41, 5.74) is 9.84. The van der Waals surface area contributed by atoms with Crippen LogP contribution in [0.2, 0.25) is 5.02 Å². The van der Waals surface area contributed by atoms with Crippen LogP contribution in [0.25, 0.3) is 22.6 Å². The number of oxazole rings is 1. The molecule has 0 saturated carbocycles. The van der Waals surface area contributed by atoms with Crippen molar-refractivity contribution in [1.82, 2.24) is 4.98 Å². The molecule has 0 bridgehead atoms. The number of hydrogen-bond donors (Lipinski definition) is 1. The number of halogens is 1. The van der Waals surface area contributed by atoms with Crippen LogP contribution >= 0.6 is 11.6 Å². The molecule has 0 atom stereocenters. The maximum Gasteiger partial charge on any atom is 0.227 e. The van der Waals surface area contributed by atoms with E-state index >= 15 is 0 Å². The summed E-state index contributed by atoms with van der Waals surface area (Å²) in [6, 6.07) is 11.1. The van der Waals surface area contributed by atoms with Crippen LogP contribution in [0, 0.1) is 6.92 Å². The second kappa shape index (κ2) is 4.03. The predicted octanol–water partition coefficient (Wildman–Crippen LogP) is 4.04. The third kappa shape index (κ3) is 1.83. The van der Waals surface area contributed by atoms with Gasteiger partial charge in [-0.15, -0.1) is 0 Å². The van der Waals surface area contributed by atoms with Crippen molar-refractivity contribution in [2.75, 3.05) is 5.73 Å². The molecule has 1 aromatic heterocycles. The molecule has 4 heteroatoms. The number of fused-ring (bicyclic) bond motifs is 1. The maximum atomic E-state index is 5.96. The van der Waals surface area contributed by atoms with Crippen molar-refractivity contribution >= 4 is 28.4 Å². The van der Waals surface area contributed by atoms with Crippen LogP contribution in [0.5, 0.6) is 0 Å². The molecule has 0 aliphatic carbocycles. The highest BCUT2D eigenvalue weighted by atomic mass is 35.5. The van der Waals surface area contributed by atoms with Gasteiger partial charge in [-0.1, -0.05) is 17.7 Å². The van der Waals surface area contributed by atoms with E-state index in [0.717, 1.165) is 22.2 Å². The third-order valence-electron chi connectivity index (χ3n) is 2.77. The van der Waals surface area contributed by atoms with E-state index in [1.807, 2.05) is 37.3 Å². The summed E-state index contributed by atoms with van der Waals surface area (Å²) >= 11 is 5.96. The first kappa shape index (κ1) is 11.1. The van der Waals surface area contributed by atoms with Gasteiger partial charge in [0.15, 0.2) is 5.58 Å². The number of benzene rings is 2. The molecule has 0 saturated heterocycles. The van der Waals surface area contributed by atoms with E-state index in [9.17, 15) is 0 Å². The van der Waals surface area contributed by atoms with Gasteiger partial charge in [0.2, 0.25) is 5.89 Å². The molecule has 0 unspecified atom stereocenters. The summed E-state index contributed by atoms with van der Waals surface area (Å²) in [5, 5.41) is 0.658. The number of anilines is 1. The Morgan fingerprint density at radius 3 is 2.83 bits per heavy atom. The monoisotopic (exact) mass is 258 g/mol. The molecular formula is C14H11ClN2O. The molecule has 3 aromatic rings. The predicted molar refractivity (Wildman–Crippen MR) is 73.6 cm³/mol. The molecule has 0 radical (unpaired) electrons. The number of nitrogens with two attached hydrogens (primary N) is 1. The zero-order chi connectivity index (χ0) is 12.7. The Bertz CT molecular complexity index is 734. The first-order chi connectivity index (χ1) is 8.63. The SMILES string of the molecule is Cc1cc(N)cc2nc(-c3cccc(Cl)c3)oc12. The molecule has 0 amide bonds. The maximum absolute atomic E-state index is 5.96. The lowest BCUT2D eigenvalue weighted by Crippen LogP contribution is -1.85. The Morgan fingerprint density at radius 2 is 2.06 bits per heavy atom. The van der Waals surface area contributed by atoms with Crippen LogP contribution in [-0.4, -0.2) is 4.98 Å². The number of nitrogen functional groups attached to an aromatic ring is 1. The van der Waals surface area contributed by atoms with Gasteiger partial charge in [0.1, 0.15) is 5.52 Å². The Balaban J connectivity index is 2.22. The van der Waals surface area contributed by atoms with Crippen molar-refractivity contribution in [2.24, 2.45) is 0 Å². The van der Waals surface area contributed by atoms with E-state index in [4.69, 9.17) is 21.8 Å². The molecule has 0 fully saturated rings. The van der Waals surface area contributed by atoms with E-state index in [1.54, 1.807) is 6.07 Å². The van der Waals surface area contributed by atoms with Crippen LogP contribution in [-0.2, 0) is 0 Å². The van der Waals surface area contributed by atoms with Crippen molar-refractivity contribution in [3.05, 3.63) is 47.0 Å².